The van der Waals surface area contributed by atoms with Crippen LogP contribution >= 0.6 is 0 Å². The maximum Gasteiger partial charge on any atom is 0.0898 e. The van der Waals surface area contributed by atoms with Crippen LogP contribution in [-0.4, -0.2) is 47.7 Å². The lowest BCUT2D eigenvalue weighted by Crippen LogP contribution is -2.47. The fraction of sp³-hybridized carbons (Fsp3) is 1.00. The molecule has 0 heterocycles. The second-order valence-corrected chi connectivity index (χ2v) is 6.29. The number of β-amino-alcohol motifs (C(OH)–C–C–N with tert-alkyl or cyclic N) is 1. The Hall–Kier alpha value is -0.160. The van der Waals surface area contributed by atoms with Crippen molar-refractivity contribution in [3.8, 4) is 0 Å². The van der Waals surface area contributed by atoms with Crippen LogP contribution in [0.4, 0.5) is 0 Å². The molecular weight excluding hydrogens is 230 g/mol. The van der Waals surface area contributed by atoms with Crippen LogP contribution in [0, 0.1) is 5.92 Å². The van der Waals surface area contributed by atoms with E-state index in [1.165, 1.54) is 12.8 Å². The third kappa shape index (κ3) is 6.14. The Morgan fingerprint density at radius 1 is 1.28 bits per heavy atom. The third-order valence-corrected chi connectivity index (χ3v) is 3.70. The summed E-state index contributed by atoms with van der Waals surface area (Å²) in [6.07, 6.45) is 4.51. The molecule has 1 unspecified atom stereocenters. The second-order valence-electron chi connectivity index (χ2n) is 6.29. The molecule has 4 heteroatoms. The summed E-state index contributed by atoms with van der Waals surface area (Å²) in [6, 6.07) is 0. The van der Waals surface area contributed by atoms with E-state index in [-0.39, 0.29) is 12.1 Å². The Labute approximate surface area is 111 Å². The highest BCUT2D eigenvalue weighted by Crippen LogP contribution is 2.25. The minimum absolute atomic E-state index is 0.0566. The average Bonchev–Trinajstić information content (AvgIpc) is 2.36. The van der Waals surface area contributed by atoms with Crippen molar-refractivity contribution in [2.45, 2.75) is 64.2 Å². The first kappa shape index (κ1) is 15.9. The van der Waals surface area contributed by atoms with Gasteiger partial charge in [0.25, 0.3) is 0 Å². The molecule has 0 aliphatic heterocycles. The maximum absolute atomic E-state index is 9.82. The molecule has 0 aromatic heterocycles. The Kier molecular flexibility index (Phi) is 6.57. The molecule has 3 N–H and O–H groups in total. The lowest BCUT2D eigenvalue weighted by Gasteiger charge is -2.28. The van der Waals surface area contributed by atoms with Gasteiger partial charge in [-0.3, -0.25) is 0 Å². The highest BCUT2D eigenvalue weighted by Gasteiger charge is 2.21. The van der Waals surface area contributed by atoms with Crippen molar-refractivity contribution in [1.82, 2.24) is 5.32 Å². The molecule has 0 radical (unpaired) electrons. The molecule has 0 bridgehead atoms. The number of aliphatic hydroxyl groups excluding tert-OH is 2. The topological polar surface area (TPSA) is 61.7 Å². The van der Waals surface area contributed by atoms with Crippen LogP contribution in [0.3, 0.4) is 0 Å². The molecular formula is C14H29NO3. The summed E-state index contributed by atoms with van der Waals surface area (Å²) >= 11 is 0. The molecule has 0 spiro atoms. The van der Waals surface area contributed by atoms with Crippen LogP contribution in [0.1, 0.15) is 46.5 Å². The zero-order valence-corrected chi connectivity index (χ0v) is 12.0. The number of ether oxygens (including phenoxy) is 1. The Balaban J connectivity index is 2.11. The summed E-state index contributed by atoms with van der Waals surface area (Å²) in [6.45, 7) is 6.99. The van der Waals surface area contributed by atoms with Gasteiger partial charge < -0.3 is 20.3 Å². The fourth-order valence-corrected chi connectivity index (χ4v) is 2.15. The van der Waals surface area contributed by atoms with E-state index in [9.17, 15) is 5.11 Å². The molecule has 0 amide bonds. The van der Waals surface area contributed by atoms with Crippen molar-refractivity contribution >= 4 is 0 Å². The van der Waals surface area contributed by atoms with Crippen LogP contribution in [-0.2, 0) is 4.74 Å². The quantitative estimate of drug-likeness (QED) is 0.645. The number of hydrogen-bond donors (Lipinski definition) is 3. The number of hydrogen-bond acceptors (Lipinski definition) is 4. The van der Waals surface area contributed by atoms with Crippen molar-refractivity contribution in [2.75, 3.05) is 19.8 Å². The van der Waals surface area contributed by atoms with Crippen LogP contribution in [0.15, 0.2) is 0 Å². The molecule has 18 heavy (non-hydrogen) atoms. The molecule has 1 aliphatic carbocycles. The standard InChI is InChI=1S/C14H29NO3/c1-11-4-6-13(7-5-11)18-9-12(17)8-15-14(2,3)10-16/h11-13,15-17H,4-10H2,1-3H3. The summed E-state index contributed by atoms with van der Waals surface area (Å²) in [7, 11) is 0. The molecule has 0 aromatic carbocycles. The van der Waals surface area contributed by atoms with Crippen molar-refractivity contribution < 1.29 is 14.9 Å². The summed E-state index contributed by atoms with van der Waals surface area (Å²) in [5.74, 6) is 0.821. The summed E-state index contributed by atoms with van der Waals surface area (Å²) in [5, 5.41) is 22.0. The monoisotopic (exact) mass is 259 g/mol. The van der Waals surface area contributed by atoms with Crippen LogP contribution in [0.5, 0.6) is 0 Å². The lowest BCUT2D eigenvalue weighted by atomic mass is 9.89. The van der Waals surface area contributed by atoms with E-state index >= 15 is 0 Å². The molecule has 4 nitrogen and oxygen atoms in total. The van der Waals surface area contributed by atoms with E-state index in [1.807, 2.05) is 13.8 Å². The highest BCUT2D eigenvalue weighted by atomic mass is 16.5. The molecule has 1 atom stereocenters. The normalized spacial score (nSPS) is 27.2. The van der Waals surface area contributed by atoms with E-state index in [1.54, 1.807) is 0 Å². The molecule has 1 aliphatic rings. The second kappa shape index (κ2) is 7.43. The summed E-state index contributed by atoms with van der Waals surface area (Å²) < 4.78 is 5.74. The first-order chi connectivity index (χ1) is 8.43. The maximum atomic E-state index is 9.82. The minimum Gasteiger partial charge on any atom is -0.394 e. The van der Waals surface area contributed by atoms with Crippen LogP contribution in [0.2, 0.25) is 0 Å². The van der Waals surface area contributed by atoms with Crippen LogP contribution < -0.4 is 5.32 Å². The third-order valence-electron chi connectivity index (χ3n) is 3.70. The van der Waals surface area contributed by atoms with Gasteiger partial charge in [0.15, 0.2) is 0 Å². The van der Waals surface area contributed by atoms with E-state index in [2.05, 4.69) is 12.2 Å². The zero-order valence-electron chi connectivity index (χ0n) is 12.0. The van der Waals surface area contributed by atoms with Gasteiger partial charge in [0, 0.05) is 12.1 Å². The largest absolute Gasteiger partial charge is 0.394 e. The van der Waals surface area contributed by atoms with Crippen LogP contribution in [0.25, 0.3) is 0 Å². The number of rotatable bonds is 7. The first-order valence-corrected chi connectivity index (χ1v) is 7.08. The van der Waals surface area contributed by atoms with Gasteiger partial charge in [0.05, 0.1) is 25.4 Å². The fourth-order valence-electron chi connectivity index (χ4n) is 2.15. The van der Waals surface area contributed by atoms with Gasteiger partial charge in [0.1, 0.15) is 0 Å². The summed E-state index contributed by atoms with van der Waals surface area (Å²) in [5.41, 5.74) is -0.346. The molecule has 0 saturated heterocycles. The van der Waals surface area contributed by atoms with E-state index in [0.717, 1.165) is 18.8 Å². The molecule has 0 aromatic rings. The Morgan fingerprint density at radius 3 is 2.44 bits per heavy atom. The Morgan fingerprint density at radius 2 is 1.89 bits per heavy atom. The van der Waals surface area contributed by atoms with Crippen molar-refractivity contribution in [1.29, 1.82) is 0 Å². The lowest BCUT2D eigenvalue weighted by molar-refractivity contribution is -0.0299. The SMILES string of the molecule is CC1CCC(OCC(O)CNC(C)(C)CO)CC1. The van der Waals surface area contributed by atoms with Crippen molar-refractivity contribution in [3.63, 3.8) is 0 Å². The smallest absolute Gasteiger partial charge is 0.0898 e. The number of nitrogens with one attached hydrogen (secondary N) is 1. The molecule has 108 valence electrons. The number of aliphatic hydroxyl groups is 2. The molecule has 1 fully saturated rings. The van der Waals surface area contributed by atoms with Gasteiger partial charge in [-0.25, -0.2) is 0 Å². The minimum atomic E-state index is -0.504. The van der Waals surface area contributed by atoms with Crippen molar-refractivity contribution in [2.24, 2.45) is 5.92 Å². The highest BCUT2D eigenvalue weighted by molar-refractivity contribution is 4.78. The van der Waals surface area contributed by atoms with E-state index in [0.29, 0.717) is 19.3 Å². The van der Waals surface area contributed by atoms with E-state index in [4.69, 9.17) is 9.84 Å². The van der Waals surface area contributed by atoms with Gasteiger partial charge in [0.2, 0.25) is 0 Å². The predicted octanol–water partition coefficient (Wildman–Crippen LogP) is 1.30. The molecule has 1 rings (SSSR count). The van der Waals surface area contributed by atoms with Gasteiger partial charge >= 0.3 is 0 Å². The predicted molar refractivity (Wildman–Crippen MR) is 72.5 cm³/mol. The molecule has 1 saturated carbocycles. The van der Waals surface area contributed by atoms with Gasteiger partial charge in [-0.1, -0.05) is 6.92 Å². The van der Waals surface area contributed by atoms with E-state index < -0.39 is 6.10 Å². The van der Waals surface area contributed by atoms with Gasteiger partial charge in [-0.2, -0.15) is 0 Å². The zero-order chi connectivity index (χ0) is 13.6. The first-order valence-electron chi connectivity index (χ1n) is 7.08. The Bertz CT molecular complexity index is 225. The van der Waals surface area contributed by atoms with Gasteiger partial charge in [-0.05, 0) is 45.4 Å². The van der Waals surface area contributed by atoms with Crippen molar-refractivity contribution in [3.05, 3.63) is 0 Å². The van der Waals surface area contributed by atoms with Gasteiger partial charge in [-0.15, -0.1) is 0 Å². The average molecular weight is 259 g/mol. The summed E-state index contributed by atoms with van der Waals surface area (Å²) in [4.78, 5) is 0.